The van der Waals surface area contributed by atoms with Gasteiger partial charge in [-0.3, -0.25) is 9.59 Å². The molecule has 0 aliphatic rings. The summed E-state index contributed by atoms with van der Waals surface area (Å²) in [5, 5.41) is 11.3. The molecule has 0 saturated heterocycles. The number of esters is 1. The van der Waals surface area contributed by atoms with Crippen LogP contribution in [0, 0.1) is 0 Å². The normalized spacial score (nSPS) is 11.7. The van der Waals surface area contributed by atoms with E-state index in [9.17, 15) is 14.4 Å². The predicted octanol–water partition coefficient (Wildman–Crippen LogP) is 0.735. The topological polar surface area (TPSA) is 106 Å². The number of methoxy groups -OCH3 is 1. The monoisotopic (exact) mass is 283 g/mol. The number of aryl methyl sites for hydroxylation is 1. The first-order valence-corrected chi connectivity index (χ1v) is 6.14. The van der Waals surface area contributed by atoms with Crippen molar-refractivity contribution in [2.24, 2.45) is 0 Å². The van der Waals surface area contributed by atoms with Gasteiger partial charge in [-0.2, -0.15) is 0 Å². The molecule has 0 saturated carbocycles. The molecule has 1 amide bonds. The highest BCUT2D eigenvalue weighted by Gasteiger charge is 2.21. The molecule has 2 N–H and O–H groups in total. The minimum atomic E-state index is -1.18. The number of rotatable bonds is 8. The van der Waals surface area contributed by atoms with Crippen LogP contribution in [0.15, 0.2) is 22.8 Å². The number of furan rings is 1. The minimum Gasteiger partial charge on any atom is -0.480 e. The van der Waals surface area contributed by atoms with Crippen LogP contribution < -0.4 is 5.32 Å². The second-order valence-electron chi connectivity index (χ2n) is 4.15. The van der Waals surface area contributed by atoms with Crippen molar-refractivity contribution in [1.29, 1.82) is 0 Å². The fraction of sp³-hybridized carbons (Fsp3) is 0.462. The minimum absolute atomic E-state index is 0.00546. The Labute approximate surface area is 115 Å². The van der Waals surface area contributed by atoms with Crippen LogP contribution in [-0.4, -0.2) is 36.1 Å². The van der Waals surface area contributed by atoms with Gasteiger partial charge in [-0.05, 0) is 18.6 Å². The number of aliphatic carboxylic acids is 1. The quantitative estimate of drug-likeness (QED) is 0.681. The molecule has 0 radical (unpaired) electrons. The lowest BCUT2D eigenvalue weighted by Gasteiger charge is -2.13. The first-order valence-electron chi connectivity index (χ1n) is 6.14. The molecule has 0 unspecified atom stereocenters. The maximum atomic E-state index is 11.6. The van der Waals surface area contributed by atoms with E-state index in [1.165, 1.54) is 13.4 Å². The van der Waals surface area contributed by atoms with Gasteiger partial charge in [0.05, 0.1) is 13.4 Å². The summed E-state index contributed by atoms with van der Waals surface area (Å²) in [4.78, 5) is 33.6. The van der Waals surface area contributed by atoms with Crippen molar-refractivity contribution in [2.75, 3.05) is 7.11 Å². The average molecular weight is 283 g/mol. The van der Waals surface area contributed by atoms with Crippen molar-refractivity contribution < 1.29 is 28.6 Å². The molecular formula is C13H17NO6. The Kier molecular flexibility index (Phi) is 6.28. The number of carboxylic acid groups (broad SMARTS) is 1. The zero-order chi connectivity index (χ0) is 15.0. The Bertz CT molecular complexity index is 453. The van der Waals surface area contributed by atoms with Gasteiger partial charge in [-0.1, -0.05) is 0 Å². The van der Waals surface area contributed by atoms with Crippen LogP contribution in [0.4, 0.5) is 0 Å². The van der Waals surface area contributed by atoms with Gasteiger partial charge in [0, 0.05) is 19.3 Å². The second-order valence-corrected chi connectivity index (χ2v) is 4.15. The van der Waals surface area contributed by atoms with E-state index in [0.717, 1.165) is 0 Å². The smallest absolute Gasteiger partial charge is 0.326 e. The van der Waals surface area contributed by atoms with Crippen molar-refractivity contribution in [3.63, 3.8) is 0 Å². The van der Waals surface area contributed by atoms with Crippen LogP contribution in [0.5, 0.6) is 0 Å². The van der Waals surface area contributed by atoms with Crippen LogP contribution >= 0.6 is 0 Å². The third kappa shape index (κ3) is 5.55. The van der Waals surface area contributed by atoms with E-state index in [-0.39, 0.29) is 19.3 Å². The number of carbonyl (C=O) groups excluding carboxylic acids is 2. The molecule has 20 heavy (non-hydrogen) atoms. The molecule has 1 atom stereocenters. The largest absolute Gasteiger partial charge is 0.480 e. The number of nitrogens with one attached hydrogen (secondary N) is 1. The molecule has 1 aromatic rings. The zero-order valence-corrected chi connectivity index (χ0v) is 11.1. The molecule has 0 spiro atoms. The van der Waals surface area contributed by atoms with Gasteiger partial charge < -0.3 is 19.6 Å². The number of carboxylic acids is 1. The van der Waals surface area contributed by atoms with Crippen LogP contribution in [0.1, 0.15) is 25.0 Å². The highest BCUT2D eigenvalue weighted by Crippen LogP contribution is 2.05. The maximum absolute atomic E-state index is 11.6. The van der Waals surface area contributed by atoms with Crippen molar-refractivity contribution in [3.8, 4) is 0 Å². The van der Waals surface area contributed by atoms with Crippen molar-refractivity contribution in [3.05, 3.63) is 24.2 Å². The zero-order valence-electron chi connectivity index (χ0n) is 11.1. The Balaban J connectivity index is 2.38. The first kappa shape index (κ1) is 15.7. The van der Waals surface area contributed by atoms with Gasteiger partial charge in [-0.25, -0.2) is 4.79 Å². The SMILES string of the molecule is COC(=O)CC[C@H](NC(=O)CCc1ccco1)C(=O)O. The van der Waals surface area contributed by atoms with E-state index >= 15 is 0 Å². The molecule has 0 aromatic carbocycles. The lowest BCUT2D eigenvalue weighted by Crippen LogP contribution is -2.41. The Hall–Kier alpha value is -2.31. The Morgan fingerprint density at radius 1 is 1.40 bits per heavy atom. The van der Waals surface area contributed by atoms with Gasteiger partial charge in [0.25, 0.3) is 0 Å². The molecule has 0 fully saturated rings. The fourth-order valence-corrected chi connectivity index (χ4v) is 1.58. The molecule has 1 aromatic heterocycles. The number of ether oxygens (including phenoxy) is 1. The van der Waals surface area contributed by atoms with Gasteiger partial charge in [0.15, 0.2) is 0 Å². The molecule has 0 bridgehead atoms. The van der Waals surface area contributed by atoms with Gasteiger partial charge in [0.2, 0.25) is 5.91 Å². The molecule has 0 aliphatic heterocycles. The molecule has 1 heterocycles. The number of amides is 1. The summed E-state index contributed by atoms with van der Waals surface area (Å²) < 4.78 is 9.50. The molecule has 110 valence electrons. The Morgan fingerprint density at radius 3 is 2.70 bits per heavy atom. The molecule has 7 nitrogen and oxygen atoms in total. The summed E-state index contributed by atoms with van der Waals surface area (Å²) in [7, 11) is 1.22. The third-order valence-corrected chi connectivity index (χ3v) is 2.68. The predicted molar refractivity (Wildman–Crippen MR) is 67.8 cm³/mol. The summed E-state index contributed by atoms with van der Waals surface area (Å²) in [5.74, 6) is -1.44. The first-order chi connectivity index (χ1) is 9.52. The van der Waals surface area contributed by atoms with Crippen LogP contribution in [0.25, 0.3) is 0 Å². The van der Waals surface area contributed by atoms with Crippen LogP contribution in [0.3, 0.4) is 0 Å². The number of carbonyl (C=O) groups is 3. The number of hydrogen-bond acceptors (Lipinski definition) is 5. The van der Waals surface area contributed by atoms with Crippen molar-refractivity contribution >= 4 is 17.8 Å². The van der Waals surface area contributed by atoms with E-state index in [2.05, 4.69) is 10.1 Å². The summed E-state index contributed by atoms with van der Waals surface area (Å²) >= 11 is 0. The van der Waals surface area contributed by atoms with E-state index in [0.29, 0.717) is 12.2 Å². The number of hydrogen-bond donors (Lipinski definition) is 2. The summed E-state index contributed by atoms with van der Waals surface area (Å²) in [5.41, 5.74) is 0. The summed E-state index contributed by atoms with van der Waals surface area (Å²) in [6.45, 7) is 0. The van der Waals surface area contributed by atoms with E-state index in [1.54, 1.807) is 12.1 Å². The van der Waals surface area contributed by atoms with Crippen LogP contribution in [-0.2, 0) is 25.5 Å². The van der Waals surface area contributed by atoms with Crippen molar-refractivity contribution in [2.45, 2.75) is 31.7 Å². The van der Waals surface area contributed by atoms with Gasteiger partial charge in [-0.15, -0.1) is 0 Å². The molecule has 0 aliphatic carbocycles. The average Bonchev–Trinajstić information content (AvgIpc) is 2.93. The van der Waals surface area contributed by atoms with E-state index < -0.39 is 23.9 Å². The van der Waals surface area contributed by atoms with E-state index in [1.807, 2.05) is 0 Å². The maximum Gasteiger partial charge on any atom is 0.326 e. The van der Waals surface area contributed by atoms with E-state index in [4.69, 9.17) is 9.52 Å². The van der Waals surface area contributed by atoms with Gasteiger partial charge >= 0.3 is 11.9 Å². The van der Waals surface area contributed by atoms with Gasteiger partial charge in [0.1, 0.15) is 11.8 Å². The molecular weight excluding hydrogens is 266 g/mol. The highest BCUT2D eigenvalue weighted by atomic mass is 16.5. The summed E-state index contributed by atoms with van der Waals surface area (Å²) in [6, 6.07) is 2.35. The summed E-state index contributed by atoms with van der Waals surface area (Å²) in [6.07, 6.45) is 1.95. The lowest BCUT2D eigenvalue weighted by atomic mass is 10.1. The molecule has 7 heteroatoms. The fourth-order valence-electron chi connectivity index (χ4n) is 1.58. The lowest BCUT2D eigenvalue weighted by molar-refractivity contribution is -0.144. The third-order valence-electron chi connectivity index (χ3n) is 2.68. The Morgan fingerprint density at radius 2 is 2.15 bits per heavy atom. The van der Waals surface area contributed by atoms with Crippen molar-refractivity contribution in [1.82, 2.24) is 5.32 Å². The van der Waals surface area contributed by atoms with Crippen LogP contribution in [0.2, 0.25) is 0 Å². The molecule has 1 rings (SSSR count). The standard InChI is InChI=1S/C13H17NO6/c1-19-12(16)7-5-10(13(17)18)14-11(15)6-4-9-3-2-8-20-9/h2-3,8,10H,4-7H2,1H3,(H,14,15)(H,17,18)/t10-/m0/s1. The highest BCUT2D eigenvalue weighted by molar-refractivity contribution is 5.84. The second kappa shape index (κ2) is 7.98.